The van der Waals surface area contributed by atoms with Crippen molar-refractivity contribution in [3.63, 3.8) is 0 Å². The summed E-state index contributed by atoms with van der Waals surface area (Å²) >= 11 is 0. The highest BCUT2D eigenvalue weighted by Gasteiger charge is 2.38. The first kappa shape index (κ1) is 12.3. The van der Waals surface area contributed by atoms with E-state index in [1.165, 1.54) is 0 Å². The first-order valence-electron chi connectivity index (χ1n) is 5.43. The molecule has 1 amide bonds. The van der Waals surface area contributed by atoms with E-state index < -0.39 is 17.3 Å². The Morgan fingerprint density at radius 2 is 2.13 bits per heavy atom. The molecule has 1 aliphatic rings. The van der Waals surface area contributed by atoms with Gasteiger partial charge in [-0.2, -0.15) is 0 Å². The molecule has 0 spiro atoms. The third-order valence-electron chi connectivity index (χ3n) is 2.62. The Bertz CT molecular complexity index is 243. The van der Waals surface area contributed by atoms with Crippen LogP contribution in [0.5, 0.6) is 0 Å². The minimum atomic E-state index is -0.795. The van der Waals surface area contributed by atoms with Crippen LogP contribution in [-0.4, -0.2) is 28.4 Å². The highest BCUT2D eigenvalue weighted by molar-refractivity contribution is 5.68. The number of hydrogen-bond acceptors (Lipinski definition) is 3. The van der Waals surface area contributed by atoms with Gasteiger partial charge in [0.1, 0.15) is 5.60 Å². The Hall–Kier alpha value is -0.770. The van der Waals surface area contributed by atoms with E-state index in [1.807, 2.05) is 20.8 Å². The van der Waals surface area contributed by atoms with Crippen LogP contribution in [0.25, 0.3) is 0 Å². The Morgan fingerprint density at radius 1 is 1.53 bits per heavy atom. The molecule has 0 radical (unpaired) electrons. The van der Waals surface area contributed by atoms with Crippen molar-refractivity contribution in [1.82, 2.24) is 5.32 Å². The molecule has 2 N–H and O–H groups in total. The van der Waals surface area contributed by atoms with Crippen LogP contribution in [0.3, 0.4) is 0 Å². The summed E-state index contributed by atoms with van der Waals surface area (Å²) in [6.45, 7) is 7.21. The molecule has 1 rings (SSSR count). The van der Waals surface area contributed by atoms with Gasteiger partial charge in [0.25, 0.3) is 0 Å². The van der Waals surface area contributed by atoms with E-state index in [0.717, 1.165) is 19.3 Å². The lowest BCUT2D eigenvalue weighted by atomic mass is 10.0. The smallest absolute Gasteiger partial charge is 0.407 e. The number of alkyl carbamates (subject to hydrolysis) is 1. The van der Waals surface area contributed by atoms with E-state index in [4.69, 9.17) is 4.74 Å². The Morgan fingerprint density at radius 3 is 2.53 bits per heavy atom. The van der Waals surface area contributed by atoms with E-state index in [1.54, 1.807) is 6.92 Å². The number of carbonyl (C=O) groups excluding carboxylic acids is 1. The first-order valence-corrected chi connectivity index (χ1v) is 5.43. The monoisotopic (exact) mass is 215 g/mol. The average Bonchev–Trinajstić information content (AvgIpc) is 2.26. The fourth-order valence-electron chi connectivity index (χ4n) is 1.83. The van der Waals surface area contributed by atoms with Gasteiger partial charge in [0.05, 0.1) is 11.6 Å². The van der Waals surface area contributed by atoms with E-state index in [9.17, 15) is 9.90 Å². The van der Waals surface area contributed by atoms with Crippen LogP contribution in [0.1, 0.15) is 47.0 Å². The molecule has 0 saturated heterocycles. The summed E-state index contributed by atoms with van der Waals surface area (Å²) in [6.07, 6.45) is 2.03. The molecule has 0 bridgehead atoms. The number of aliphatic hydroxyl groups is 1. The Kier molecular flexibility index (Phi) is 3.28. The van der Waals surface area contributed by atoms with Crippen molar-refractivity contribution >= 4 is 6.09 Å². The van der Waals surface area contributed by atoms with Crippen molar-refractivity contribution in [3.8, 4) is 0 Å². The molecule has 1 saturated carbocycles. The highest BCUT2D eigenvalue weighted by Crippen LogP contribution is 2.29. The van der Waals surface area contributed by atoms with Crippen molar-refractivity contribution < 1.29 is 14.6 Å². The summed E-state index contributed by atoms with van der Waals surface area (Å²) in [7, 11) is 0. The predicted octanol–water partition coefficient (Wildman–Crippen LogP) is 1.81. The molecule has 1 fully saturated rings. The van der Waals surface area contributed by atoms with Gasteiger partial charge in [0, 0.05) is 0 Å². The summed E-state index contributed by atoms with van der Waals surface area (Å²) in [5.74, 6) is 0. The molecule has 15 heavy (non-hydrogen) atoms. The largest absolute Gasteiger partial charge is 0.444 e. The number of rotatable bonds is 1. The van der Waals surface area contributed by atoms with Crippen LogP contribution in [-0.2, 0) is 4.74 Å². The third-order valence-corrected chi connectivity index (χ3v) is 2.62. The van der Waals surface area contributed by atoms with Gasteiger partial charge in [0.15, 0.2) is 0 Å². The van der Waals surface area contributed by atoms with Crippen LogP contribution >= 0.6 is 0 Å². The van der Waals surface area contributed by atoms with E-state index in [0.29, 0.717) is 0 Å². The molecular weight excluding hydrogens is 194 g/mol. The second-order valence-electron chi connectivity index (χ2n) is 5.45. The average molecular weight is 215 g/mol. The van der Waals surface area contributed by atoms with Crippen LogP contribution in [0, 0.1) is 0 Å². The van der Waals surface area contributed by atoms with Gasteiger partial charge in [0.2, 0.25) is 0 Å². The molecular formula is C11H21NO3. The van der Waals surface area contributed by atoms with Gasteiger partial charge in [-0.25, -0.2) is 4.79 Å². The van der Waals surface area contributed by atoms with Gasteiger partial charge >= 0.3 is 6.09 Å². The molecule has 4 heteroatoms. The summed E-state index contributed by atoms with van der Waals surface area (Å²) in [5, 5.41) is 12.6. The Labute approximate surface area is 91.0 Å². The molecule has 0 aromatic carbocycles. The molecule has 0 unspecified atom stereocenters. The van der Waals surface area contributed by atoms with Gasteiger partial charge in [-0.3, -0.25) is 0 Å². The zero-order valence-electron chi connectivity index (χ0n) is 9.96. The molecule has 2 atom stereocenters. The number of amides is 1. The van der Waals surface area contributed by atoms with Crippen molar-refractivity contribution in [2.24, 2.45) is 0 Å². The van der Waals surface area contributed by atoms with Gasteiger partial charge in [-0.1, -0.05) is 0 Å². The van der Waals surface area contributed by atoms with Crippen molar-refractivity contribution in [2.45, 2.75) is 64.2 Å². The maximum atomic E-state index is 11.5. The predicted molar refractivity (Wildman–Crippen MR) is 57.6 cm³/mol. The minimum absolute atomic E-state index is 0.188. The lowest BCUT2D eigenvalue weighted by molar-refractivity contribution is 0.0195. The second kappa shape index (κ2) is 4.00. The maximum Gasteiger partial charge on any atom is 0.407 e. The third kappa shape index (κ3) is 3.70. The summed E-state index contributed by atoms with van der Waals surface area (Å²) in [5.41, 5.74) is -1.29. The molecule has 1 aliphatic carbocycles. The SMILES string of the molecule is CC(C)(C)OC(=O)N[C@@H]1CCC[C@]1(C)O. The minimum Gasteiger partial charge on any atom is -0.444 e. The molecule has 0 heterocycles. The van der Waals surface area contributed by atoms with Crippen LogP contribution in [0.15, 0.2) is 0 Å². The molecule has 88 valence electrons. The lowest BCUT2D eigenvalue weighted by Gasteiger charge is -2.28. The quantitative estimate of drug-likeness (QED) is 0.701. The second-order valence-corrected chi connectivity index (χ2v) is 5.45. The standard InChI is InChI=1S/C11H21NO3/c1-10(2,3)15-9(13)12-8-6-5-7-11(8,4)14/h8,14H,5-7H2,1-4H3,(H,12,13)/t8-,11+/m1/s1. The van der Waals surface area contributed by atoms with Gasteiger partial charge in [-0.05, 0) is 47.0 Å². The topological polar surface area (TPSA) is 58.6 Å². The first-order chi connectivity index (χ1) is 6.71. The number of carbonyl (C=O) groups is 1. The van der Waals surface area contributed by atoms with Crippen molar-refractivity contribution in [1.29, 1.82) is 0 Å². The highest BCUT2D eigenvalue weighted by atomic mass is 16.6. The van der Waals surface area contributed by atoms with Crippen LogP contribution < -0.4 is 5.32 Å². The summed E-state index contributed by atoms with van der Waals surface area (Å²) in [6, 6.07) is -0.188. The summed E-state index contributed by atoms with van der Waals surface area (Å²) < 4.78 is 5.13. The number of ether oxygens (including phenoxy) is 1. The van der Waals surface area contributed by atoms with Crippen molar-refractivity contribution in [3.05, 3.63) is 0 Å². The van der Waals surface area contributed by atoms with Gasteiger partial charge in [-0.15, -0.1) is 0 Å². The summed E-state index contributed by atoms with van der Waals surface area (Å²) in [4.78, 5) is 11.5. The zero-order chi connectivity index (χ0) is 11.7. The van der Waals surface area contributed by atoms with E-state index in [-0.39, 0.29) is 6.04 Å². The zero-order valence-corrected chi connectivity index (χ0v) is 9.96. The number of nitrogens with one attached hydrogen (secondary N) is 1. The van der Waals surface area contributed by atoms with E-state index in [2.05, 4.69) is 5.32 Å². The molecule has 4 nitrogen and oxygen atoms in total. The van der Waals surface area contributed by atoms with Crippen LogP contribution in [0.2, 0.25) is 0 Å². The number of hydrogen-bond donors (Lipinski definition) is 2. The molecule has 0 aromatic heterocycles. The van der Waals surface area contributed by atoms with Crippen molar-refractivity contribution in [2.75, 3.05) is 0 Å². The van der Waals surface area contributed by atoms with Gasteiger partial charge < -0.3 is 15.2 Å². The van der Waals surface area contributed by atoms with E-state index >= 15 is 0 Å². The fraction of sp³-hybridized carbons (Fsp3) is 0.909. The normalized spacial score (nSPS) is 31.4. The molecule has 0 aliphatic heterocycles. The van der Waals surface area contributed by atoms with Crippen LogP contribution in [0.4, 0.5) is 4.79 Å². The fourth-order valence-corrected chi connectivity index (χ4v) is 1.83. The Balaban J connectivity index is 2.45. The molecule has 0 aromatic rings. The maximum absolute atomic E-state index is 11.5. The lowest BCUT2D eigenvalue weighted by Crippen LogP contribution is -2.48.